The van der Waals surface area contributed by atoms with E-state index in [0.29, 0.717) is 17.9 Å². The summed E-state index contributed by atoms with van der Waals surface area (Å²) in [5.74, 6) is -0.626. The first-order chi connectivity index (χ1) is 14.1. The van der Waals surface area contributed by atoms with Crippen LogP contribution in [0.15, 0.2) is 48.2 Å². The highest BCUT2D eigenvalue weighted by atomic mass is 16.5. The van der Waals surface area contributed by atoms with Crippen LogP contribution in [-0.4, -0.2) is 37.0 Å². The molecule has 0 aromatic heterocycles. The Hall–Kier alpha value is -2.92. The molecule has 2 aromatic rings. The molecule has 0 atom stereocenters. The molecule has 0 fully saturated rings. The van der Waals surface area contributed by atoms with Gasteiger partial charge in [0, 0.05) is 12.8 Å². The molecule has 1 aliphatic rings. The minimum Gasteiger partial charge on any atom is -0.383 e. The zero-order chi connectivity index (χ0) is 22.1. The molecule has 158 valence electrons. The molecule has 0 radical (unpaired) electrons. The van der Waals surface area contributed by atoms with E-state index in [0.717, 1.165) is 22.4 Å². The van der Waals surface area contributed by atoms with E-state index in [9.17, 15) is 9.59 Å². The second kappa shape index (κ2) is 8.44. The highest BCUT2D eigenvalue weighted by molar-refractivity contribution is 6.36. The number of benzene rings is 2. The Morgan fingerprint density at radius 3 is 2.17 bits per heavy atom. The molecule has 2 aromatic carbocycles. The summed E-state index contributed by atoms with van der Waals surface area (Å²) >= 11 is 0. The van der Waals surface area contributed by atoms with Gasteiger partial charge in [0.25, 0.3) is 11.8 Å². The van der Waals surface area contributed by atoms with E-state index in [1.165, 1.54) is 10.5 Å². The average molecular weight is 407 g/mol. The summed E-state index contributed by atoms with van der Waals surface area (Å²) in [6.45, 7) is 11.0. The predicted molar refractivity (Wildman–Crippen MR) is 120 cm³/mol. The summed E-state index contributed by atoms with van der Waals surface area (Å²) in [5.41, 5.74) is 5.68. The molecular formula is C25H30N2O3. The quantitative estimate of drug-likeness (QED) is 0.721. The number of carbonyl (C=O) groups excluding carboxylic acids is 2. The fraction of sp³-hybridized carbons (Fsp3) is 0.360. The van der Waals surface area contributed by atoms with Crippen molar-refractivity contribution in [1.29, 1.82) is 0 Å². The number of amides is 2. The highest BCUT2D eigenvalue weighted by Gasteiger charge is 2.39. The number of anilines is 1. The van der Waals surface area contributed by atoms with Crippen molar-refractivity contribution in [2.24, 2.45) is 0 Å². The summed E-state index contributed by atoms with van der Waals surface area (Å²) in [6.07, 6.45) is 0. The van der Waals surface area contributed by atoms with Crippen LogP contribution < -0.4 is 5.32 Å². The number of aryl methyl sites for hydroxylation is 2. The monoisotopic (exact) mass is 406 g/mol. The van der Waals surface area contributed by atoms with E-state index in [1.54, 1.807) is 7.11 Å². The molecule has 5 nitrogen and oxygen atoms in total. The van der Waals surface area contributed by atoms with Gasteiger partial charge < -0.3 is 10.1 Å². The molecule has 2 amide bonds. The number of carbonyl (C=O) groups is 2. The third-order valence-corrected chi connectivity index (χ3v) is 5.50. The van der Waals surface area contributed by atoms with E-state index >= 15 is 0 Å². The number of methoxy groups -OCH3 is 1. The van der Waals surface area contributed by atoms with Crippen LogP contribution in [0, 0.1) is 13.8 Å². The maximum absolute atomic E-state index is 13.2. The van der Waals surface area contributed by atoms with Crippen molar-refractivity contribution in [3.05, 3.63) is 70.4 Å². The Labute approximate surface area is 178 Å². The van der Waals surface area contributed by atoms with Crippen molar-refractivity contribution < 1.29 is 14.3 Å². The van der Waals surface area contributed by atoms with Gasteiger partial charge >= 0.3 is 0 Å². The zero-order valence-corrected chi connectivity index (χ0v) is 18.6. The third-order valence-electron chi connectivity index (χ3n) is 5.50. The van der Waals surface area contributed by atoms with Crippen molar-refractivity contribution in [2.75, 3.05) is 25.6 Å². The minimum absolute atomic E-state index is 0.0402. The van der Waals surface area contributed by atoms with E-state index in [2.05, 4.69) is 26.1 Å². The van der Waals surface area contributed by atoms with Gasteiger partial charge in [-0.15, -0.1) is 0 Å². The molecule has 3 rings (SSSR count). The second-order valence-electron chi connectivity index (χ2n) is 8.76. The molecule has 1 heterocycles. The van der Waals surface area contributed by atoms with Crippen LogP contribution in [0.4, 0.5) is 5.69 Å². The fourth-order valence-electron chi connectivity index (χ4n) is 3.44. The van der Waals surface area contributed by atoms with Crippen LogP contribution >= 0.6 is 0 Å². The van der Waals surface area contributed by atoms with Crippen molar-refractivity contribution in [3.8, 4) is 0 Å². The van der Waals surface area contributed by atoms with Gasteiger partial charge in [-0.05, 0) is 53.6 Å². The first kappa shape index (κ1) is 21.8. The number of hydrogen-bond donors (Lipinski definition) is 1. The number of nitrogens with one attached hydrogen (secondary N) is 1. The number of rotatable bonds is 6. The Morgan fingerprint density at radius 2 is 1.60 bits per heavy atom. The second-order valence-corrected chi connectivity index (χ2v) is 8.76. The van der Waals surface area contributed by atoms with Crippen LogP contribution in [0.25, 0.3) is 5.57 Å². The first-order valence-corrected chi connectivity index (χ1v) is 10.2. The lowest BCUT2D eigenvalue weighted by Gasteiger charge is -2.19. The number of hydrogen-bond acceptors (Lipinski definition) is 4. The highest BCUT2D eigenvalue weighted by Crippen LogP contribution is 2.32. The largest absolute Gasteiger partial charge is 0.383 e. The molecule has 1 N–H and O–H groups in total. The summed E-state index contributed by atoms with van der Waals surface area (Å²) in [7, 11) is 1.55. The number of ether oxygens (including phenoxy) is 1. The maximum Gasteiger partial charge on any atom is 0.278 e. The van der Waals surface area contributed by atoms with E-state index in [1.807, 2.05) is 56.3 Å². The minimum atomic E-state index is -0.329. The van der Waals surface area contributed by atoms with Gasteiger partial charge in [-0.3, -0.25) is 14.5 Å². The first-order valence-electron chi connectivity index (χ1n) is 10.2. The Bertz CT molecular complexity index is 998. The normalized spacial score (nSPS) is 14.7. The van der Waals surface area contributed by atoms with Crippen LogP contribution in [0.2, 0.25) is 0 Å². The fourth-order valence-corrected chi connectivity index (χ4v) is 3.44. The molecular weight excluding hydrogens is 376 g/mol. The van der Waals surface area contributed by atoms with Gasteiger partial charge in [-0.2, -0.15) is 0 Å². The Morgan fingerprint density at radius 1 is 0.933 bits per heavy atom. The predicted octanol–water partition coefficient (Wildman–Crippen LogP) is 4.44. The topological polar surface area (TPSA) is 58.6 Å². The number of imide groups is 1. The molecule has 5 heteroatoms. The molecule has 1 aliphatic heterocycles. The van der Waals surface area contributed by atoms with Gasteiger partial charge in [0.15, 0.2) is 0 Å². The van der Waals surface area contributed by atoms with Crippen LogP contribution in [0.1, 0.15) is 43.0 Å². The third kappa shape index (κ3) is 4.31. The summed E-state index contributed by atoms with van der Waals surface area (Å²) < 4.78 is 5.09. The lowest BCUT2D eigenvalue weighted by Crippen LogP contribution is -2.35. The lowest BCUT2D eigenvalue weighted by atomic mass is 9.87. The van der Waals surface area contributed by atoms with E-state index in [-0.39, 0.29) is 23.8 Å². The summed E-state index contributed by atoms with van der Waals surface area (Å²) in [5, 5.41) is 3.22. The van der Waals surface area contributed by atoms with Crippen molar-refractivity contribution in [1.82, 2.24) is 4.90 Å². The molecule has 0 saturated carbocycles. The molecule has 0 bridgehead atoms. The van der Waals surface area contributed by atoms with Gasteiger partial charge in [-0.25, -0.2) is 0 Å². The van der Waals surface area contributed by atoms with Gasteiger partial charge in [0.2, 0.25) is 0 Å². The Kier molecular flexibility index (Phi) is 6.13. The SMILES string of the molecule is COCCN1C(=O)C(Nc2ccc(C(C)(C)C)cc2)=C(c2ccc(C)c(C)c2)C1=O. The Balaban J connectivity index is 2.02. The standard InChI is InChI=1S/C25H30N2O3/c1-16-7-8-18(15-17(16)2)21-22(24(29)27(23(21)28)13-14-30-6)26-20-11-9-19(10-12-20)25(3,4)5/h7-12,15,26H,13-14H2,1-6H3. The smallest absolute Gasteiger partial charge is 0.278 e. The van der Waals surface area contributed by atoms with Gasteiger partial charge in [-0.1, -0.05) is 51.1 Å². The zero-order valence-electron chi connectivity index (χ0n) is 18.6. The van der Waals surface area contributed by atoms with Crippen LogP contribution in [0.5, 0.6) is 0 Å². The van der Waals surface area contributed by atoms with E-state index < -0.39 is 0 Å². The van der Waals surface area contributed by atoms with Crippen LogP contribution in [-0.2, 0) is 19.7 Å². The summed E-state index contributed by atoms with van der Waals surface area (Å²) in [6, 6.07) is 13.8. The molecule has 30 heavy (non-hydrogen) atoms. The van der Waals surface area contributed by atoms with E-state index in [4.69, 9.17) is 4.74 Å². The molecule has 0 aliphatic carbocycles. The van der Waals surface area contributed by atoms with Crippen molar-refractivity contribution in [3.63, 3.8) is 0 Å². The molecule has 0 spiro atoms. The van der Waals surface area contributed by atoms with Gasteiger partial charge in [0.1, 0.15) is 5.70 Å². The van der Waals surface area contributed by atoms with Gasteiger partial charge in [0.05, 0.1) is 18.7 Å². The van der Waals surface area contributed by atoms with Crippen LogP contribution in [0.3, 0.4) is 0 Å². The summed E-state index contributed by atoms with van der Waals surface area (Å²) in [4.78, 5) is 27.5. The number of nitrogens with zero attached hydrogens (tertiary/aromatic N) is 1. The average Bonchev–Trinajstić information content (AvgIpc) is 2.92. The van der Waals surface area contributed by atoms with Crippen molar-refractivity contribution >= 4 is 23.1 Å². The van der Waals surface area contributed by atoms with Crippen molar-refractivity contribution in [2.45, 2.75) is 40.0 Å². The molecule has 0 saturated heterocycles. The maximum atomic E-state index is 13.2. The lowest BCUT2D eigenvalue weighted by molar-refractivity contribution is -0.137. The molecule has 0 unspecified atom stereocenters.